The third-order valence-corrected chi connectivity index (χ3v) is 4.20. The van der Waals surface area contributed by atoms with Gasteiger partial charge in [0.1, 0.15) is 5.70 Å². The number of Topliss-reactive ketones (excluding diaryl/α,β-unsaturated/α-hetero) is 1. The van der Waals surface area contributed by atoms with Crippen LogP contribution in [0.2, 0.25) is 0 Å². The van der Waals surface area contributed by atoms with Crippen molar-refractivity contribution in [1.29, 1.82) is 0 Å². The summed E-state index contributed by atoms with van der Waals surface area (Å²) >= 11 is 0. The maximum Gasteiger partial charge on any atom is 0.270 e. The number of rotatable bonds is 5. The highest BCUT2D eigenvalue weighted by molar-refractivity contribution is 6.00. The predicted molar refractivity (Wildman–Crippen MR) is 98.9 cm³/mol. The minimum atomic E-state index is -0.388. The van der Waals surface area contributed by atoms with E-state index in [0.29, 0.717) is 36.0 Å². The van der Waals surface area contributed by atoms with E-state index >= 15 is 0 Å². The molecule has 1 aliphatic rings. The number of benzene rings is 1. The van der Waals surface area contributed by atoms with Crippen molar-refractivity contribution in [2.45, 2.75) is 6.42 Å². The number of amides is 1. The number of aromatic nitrogens is 2. The Kier molecular flexibility index (Phi) is 5.35. The maximum absolute atomic E-state index is 12.3. The molecular weight excluding hydrogens is 348 g/mol. The number of nitrogens with zero attached hydrogens (tertiary/aromatic N) is 3. The van der Waals surface area contributed by atoms with Crippen molar-refractivity contribution in [2.24, 2.45) is 5.73 Å². The van der Waals surface area contributed by atoms with E-state index in [1.807, 2.05) is 6.07 Å². The number of likely N-dealkylation sites (tertiary alicyclic amines) is 1. The summed E-state index contributed by atoms with van der Waals surface area (Å²) in [6.07, 6.45) is 3.36. The van der Waals surface area contributed by atoms with Gasteiger partial charge >= 0.3 is 0 Å². The summed E-state index contributed by atoms with van der Waals surface area (Å²) in [4.78, 5) is 33.6. The van der Waals surface area contributed by atoms with E-state index in [4.69, 9.17) is 15.2 Å². The molecule has 2 N–H and O–H groups in total. The molecule has 0 aliphatic carbocycles. The molecule has 1 aromatic heterocycles. The Hall–Kier alpha value is -3.42. The van der Waals surface area contributed by atoms with Crippen LogP contribution in [0.3, 0.4) is 0 Å². The lowest BCUT2D eigenvalue weighted by molar-refractivity contribution is -0.128. The largest absolute Gasteiger partial charge is 0.493 e. The van der Waals surface area contributed by atoms with Crippen LogP contribution in [0.1, 0.15) is 12.2 Å². The van der Waals surface area contributed by atoms with Crippen LogP contribution in [-0.4, -0.2) is 53.9 Å². The number of hydrogen-bond donors (Lipinski definition) is 1. The number of carbonyl (C=O) groups excluding carboxylic acids is 2. The molecule has 0 saturated carbocycles. The van der Waals surface area contributed by atoms with Gasteiger partial charge in [-0.15, -0.1) is 0 Å². The quantitative estimate of drug-likeness (QED) is 0.792. The number of carbonyl (C=O) groups is 2. The summed E-state index contributed by atoms with van der Waals surface area (Å²) in [5, 5.41) is 0. The van der Waals surface area contributed by atoms with Crippen molar-refractivity contribution in [3.05, 3.63) is 42.0 Å². The molecule has 1 fully saturated rings. The summed E-state index contributed by atoms with van der Waals surface area (Å²) in [6.45, 7) is 0.485. The maximum atomic E-state index is 12.3. The van der Waals surface area contributed by atoms with Crippen LogP contribution in [0.25, 0.3) is 17.3 Å². The topological polar surface area (TPSA) is 108 Å². The molecule has 0 bridgehead atoms. The van der Waals surface area contributed by atoms with Gasteiger partial charge in [0, 0.05) is 30.8 Å². The van der Waals surface area contributed by atoms with Gasteiger partial charge in [-0.05, 0) is 24.3 Å². The molecule has 0 spiro atoms. The molecule has 8 nitrogen and oxygen atoms in total. The Morgan fingerprint density at radius 2 is 2.00 bits per heavy atom. The van der Waals surface area contributed by atoms with E-state index in [9.17, 15) is 9.59 Å². The highest BCUT2D eigenvalue weighted by Crippen LogP contribution is 2.31. The van der Waals surface area contributed by atoms with Crippen molar-refractivity contribution in [1.82, 2.24) is 14.9 Å². The van der Waals surface area contributed by atoms with Crippen LogP contribution in [0, 0.1) is 0 Å². The second-order valence-corrected chi connectivity index (χ2v) is 5.98. The standard InChI is InChI=1S/C19H20N4O4/c1-26-16-4-3-12(9-17(16)27-2)15-5-7-21-18(22-15)10-14(20)19(25)23-8-6-13(24)11-23/h3-5,7,9-10H,6,8,11,20H2,1-2H3/b14-10-. The Morgan fingerprint density at radius 1 is 1.22 bits per heavy atom. The van der Waals surface area contributed by atoms with Crippen LogP contribution < -0.4 is 15.2 Å². The molecule has 140 valence electrons. The van der Waals surface area contributed by atoms with Crippen LogP contribution in [-0.2, 0) is 9.59 Å². The highest BCUT2D eigenvalue weighted by Gasteiger charge is 2.25. The van der Waals surface area contributed by atoms with Gasteiger partial charge in [0.05, 0.1) is 26.5 Å². The first-order valence-electron chi connectivity index (χ1n) is 8.35. The molecule has 0 atom stereocenters. The smallest absolute Gasteiger partial charge is 0.270 e. The van der Waals surface area contributed by atoms with Crippen molar-refractivity contribution in [2.75, 3.05) is 27.3 Å². The Bertz CT molecular complexity index is 910. The van der Waals surface area contributed by atoms with E-state index in [0.717, 1.165) is 5.56 Å². The van der Waals surface area contributed by atoms with E-state index in [1.165, 1.54) is 11.0 Å². The number of nitrogens with two attached hydrogens (primary N) is 1. The lowest BCUT2D eigenvalue weighted by Gasteiger charge is -2.14. The molecule has 0 radical (unpaired) electrons. The summed E-state index contributed by atoms with van der Waals surface area (Å²) in [6, 6.07) is 7.18. The molecule has 1 aliphatic heterocycles. The van der Waals surface area contributed by atoms with Crippen LogP contribution >= 0.6 is 0 Å². The number of ketones is 1. The van der Waals surface area contributed by atoms with Gasteiger partial charge in [0.25, 0.3) is 5.91 Å². The SMILES string of the molecule is COc1ccc(-c2ccnc(/C=C(\N)C(=O)N3CCC(=O)C3)n2)cc1OC. The van der Waals surface area contributed by atoms with Gasteiger partial charge in [-0.25, -0.2) is 9.97 Å². The summed E-state index contributed by atoms with van der Waals surface area (Å²) in [7, 11) is 3.13. The van der Waals surface area contributed by atoms with E-state index in [1.54, 1.807) is 38.6 Å². The van der Waals surface area contributed by atoms with Gasteiger partial charge in [0.2, 0.25) is 0 Å². The van der Waals surface area contributed by atoms with Crippen molar-refractivity contribution < 1.29 is 19.1 Å². The van der Waals surface area contributed by atoms with Gasteiger partial charge in [-0.3, -0.25) is 9.59 Å². The van der Waals surface area contributed by atoms with Crippen molar-refractivity contribution in [3.8, 4) is 22.8 Å². The number of hydrogen-bond acceptors (Lipinski definition) is 7. The second kappa shape index (κ2) is 7.86. The molecule has 8 heteroatoms. The normalized spacial score (nSPS) is 14.4. The third kappa shape index (κ3) is 4.05. The molecule has 0 unspecified atom stereocenters. The van der Waals surface area contributed by atoms with Gasteiger partial charge in [0.15, 0.2) is 23.1 Å². The highest BCUT2D eigenvalue weighted by atomic mass is 16.5. The lowest BCUT2D eigenvalue weighted by atomic mass is 10.1. The average Bonchev–Trinajstić information content (AvgIpc) is 3.13. The Morgan fingerprint density at radius 3 is 2.67 bits per heavy atom. The number of ether oxygens (including phenoxy) is 2. The fourth-order valence-corrected chi connectivity index (χ4v) is 2.79. The third-order valence-electron chi connectivity index (χ3n) is 4.20. The van der Waals surface area contributed by atoms with Crippen LogP contribution in [0.4, 0.5) is 0 Å². The van der Waals surface area contributed by atoms with E-state index in [-0.39, 0.29) is 23.9 Å². The average molecular weight is 368 g/mol. The second-order valence-electron chi connectivity index (χ2n) is 5.98. The fourth-order valence-electron chi connectivity index (χ4n) is 2.79. The lowest BCUT2D eigenvalue weighted by Crippen LogP contribution is -2.32. The van der Waals surface area contributed by atoms with E-state index < -0.39 is 0 Å². The monoisotopic (exact) mass is 368 g/mol. The van der Waals surface area contributed by atoms with Crippen LogP contribution in [0.5, 0.6) is 11.5 Å². The van der Waals surface area contributed by atoms with Gasteiger partial charge in [-0.1, -0.05) is 0 Å². The molecular formula is C19H20N4O4. The first-order chi connectivity index (χ1) is 13.0. The fraction of sp³-hybridized carbons (Fsp3) is 0.263. The van der Waals surface area contributed by atoms with Gasteiger partial charge < -0.3 is 20.1 Å². The molecule has 2 heterocycles. The first-order valence-corrected chi connectivity index (χ1v) is 8.35. The Balaban J connectivity index is 1.85. The molecule has 1 amide bonds. The van der Waals surface area contributed by atoms with E-state index in [2.05, 4.69) is 9.97 Å². The van der Waals surface area contributed by atoms with Gasteiger partial charge in [-0.2, -0.15) is 0 Å². The molecule has 2 aromatic rings. The summed E-state index contributed by atoms with van der Waals surface area (Å²) in [5.74, 6) is 1.15. The predicted octanol–water partition coefficient (Wildman–Crippen LogP) is 1.26. The summed E-state index contributed by atoms with van der Waals surface area (Å²) < 4.78 is 10.5. The zero-order valence-corrected chi connectivity index (χ0v) is 15.1. The zero-order chi connectivity index (χ0) is 19.4. The molecule has 3 rings (SSSR count). The van der Waals surface area contributed by atoms with Crippen molar-refractivity contribution in [3.63, 3.8) is 0 Å². The zero-order valence-electron chi connectivity index (χ0n) is 15.1. The Labute approximate surface area is 156 Å². The minimum absolute atomic E-state index is 0.00541. The molecule has 1 aromatic carbocycles. The minimum Gasteiger partial charge on any atom is -0.493 e. The first kappa shape index (κ1) is 18.4. The van der Waals surface area contributed by atoms with Crippen molar-refractivity contribution >= 4 is 17.8 Å². The summed E-state index contributed by atoms with van der Waals surface area (Å²) in [5.41, 5.74) is 7.34. The molecule has 27 heavy (non-hydrogen) atoms. The molecule has 1 saturated heterocycles. The number of methoxy groups -OCH3 is 2. The van der Waals surface area contributed by atoms with Crippen LogP contribution in [0.15, 0.2) is 36.2 Å².